The summed E-state index contributed by atoms with van der Waals surface area (Å²) in [6.45, 7) is 1.21. The van der Waals surface area contributed by atoms with Gasteiger partial charge in [-0.15, -0.1) is 0 Å². The van der Waals surface area contributed by atoms with E-state index in [0.717, 1.165) is 5.56 Å². The molecule has 9 heteroatoms. The normalized spacial score (nSPS) is 11.4. The summed E-state index contributed by atoms with van der Waals surface area (Å²) in [5, 5.41) is 18.6. The van der Waals surface area contributed by atoms with E-state index in [9.17, 15) is 14.7 Å². The lowest BCUT2D eigenvalue weighted by Gasteiger charge is -2.19. The maximum atomic E-state index is 11.8. The summed E-state index contributed by atoms with van der Waals surface area (Å²) in [5.74, 6) is -0.466. The first-order valence-corrected chi connectivity index (χ1v) is 9.20. The largest absolute Gasteiger partial charge is 0.394 e. The Morgan fingerprint density at radius 1 is 1.10 bits per heavy atom. The molecule has 0 aliphatic heterocycles. The van der Waals surface area contributed by atoms with Crippen LogP contribution in [-0.2, 0) is 4.79 Å². The number of carbonyl (C=O) groups excluding carboxylic acids is 2. The number of primary amides is 1. The van der Waals surface area contributed by atoms with E-state index < -0.39 is 11.9 Å². The summed E-state index contributed by atoms with van der Waals surface area (Å²) in [6, 6.07) is 15.8. The van der Waals surface area contributed by atoms with Gasteiger partial charge in [-0.3, -0.25) is 9.59 Å². The lowest BCUT2D eigenvalue weighted by molar-refractivity contribution is -0.114. The number of hydrogen-bond acceptors (Lipinski definition) is 7. The van der Waals surface area contributed by atoms with E-state index in [4.69, 9.17) is 5.73 Å². The third-order valence-electron chi connectivity index (χ3n) is 4.19. The van der Waals surface area contributed by atoms with Crippen LogP contribution in [0.15, 0.2) is 60.8 Å². The Labute approximate surface area is 173 Å². The van der Waals surface area contributed by atoms with Gasteiger partial charge in [0.15, 0.2) is 0 Å². The molecule has 9 nitrogen and oxygen atoms in total. The predicted octanol–water partition coefficient (Wildman–Crippen LogP) is 2.42. The number of aliphatic hydroxyl groups is 1. The maximum Gasteiger partial charge on any atom is 0.254 e. The Morgan fingerprint density at radius 3 is 2.50 bits per heavy atom. The van der Waals surface area contributed by atoms with E-state index in [-0.39, 0.29) is 29.8 Å². The SMILES string of the molecule is CC(=O)Nc1cccc(Nc2ncc(C(N)=O)c(N[C@H](CO)c3ccccc3)n2)c1. The highest BCUT2D eigenvalue weighted by Crippen LogP contribution is 2.23. The van der Waals surface area contributed by atoms with Crippen molar-refractivity contribution in [2.24, 2.45) is 5.73 Å². The van der Waals surface area contributed by atoms with Crippen LogP contribution in [0.3, 0.4) is 0 Å². The van der Waals surface area contributed by atoms with Crippen LogP contribution < -0.4 is 21.7 Å². The lowest BCUT2D eigenvalue weighted by atomic mass is 10.1. The third-order valence-corrected chi connectivity index (χ3v) is 4.19. The number of nitrogens with one attached hydrogen (secondary N) is 3. The third kappa shape index (κ3) is 5.30. The fourth-order valence-corrected chi connectivity index (χ4v) is 2.82. The summed E-state index contributed by atoms with van der Waals surface area (Å²) >= 11 is 0. The number of nitrogens with two attached hydrogens (primary N) is 1. The molecule has 1 aromatic heterocycles. The molecule has 154 valence electrons. The first kappa shape index (κ1) is 20.7. The number of carbonyl (C=O) groups is 2. The molecule has 30 heavy (non-hydrogen) atoms. The molecule has 1 heterocycles. The highest BCUT2D eigenvalue weighted by Gasteiger charge is 2.17. The fraction of sp³-hybridized carbons (Fsp3) is 0.143. The second-order valence-electron chi connectivity index (χ2n) is 6.50. The minimum atomic E-state index is -0.693. The summed E-state index contributed by atoms with van der Waals surface area (Å²) in [6.07, 6.45) is 1.32. The Morgan fingerprint density at radius 2 is 1.83 bits per heavy atom. The Bertz CT molecular complexity index is 1040. The smallest absolute Gasteiger partial charge is 0.254 e. The average molecular weight is 406 g/mol. The van der Waals surface area contributed by atoms with Crippen LogP contribution in [0.25, 0.3) is 0 Å². The van der Waals surface area contributed by atoms with Gasteiger partial charge in [-0.2, -0.15) is 4.98 Å². The van der Waals surface area contributed by atoms with E-state index in [1.165, 1.54) is 13.1 Å². The zero-order valence-electron chi connectivity index (χ0n) is 16.3. The van der Waals surface area contributed by atoms with Crippen LogP contribution in [0.1, 0.15) is 28.9 Å². The fourth-order valence-electron chi connectivity index (χ4n) is 2.82. The molecule has 0 aliphatic carbocycles. The molecule has 2 amide bonds. The molecule has 3 rings (SSSR count). The Hall–Kier alpha value is -3.98. The zero-order chi connectivity index (χ0) is 21.5. The van der Waals surface area contributed by atoms with Gasteiger partial charge in [0.05, 0.1) is 18.2 Å². The number of amides is 2. The zero-order valence-corrected chi connectivity index (χ0v) is 16.3. The Balaban J connectivity index is 1.87. The van der Waals surface area contributed by atoms with Crippen molar-refractivity contribution < 1.29 is 14.7 Å². The summed E-state index contributed by atoms with van der Waals surface area (Å²) in [5.41, 5.74) is 7.64. The van der Waals surface area contributed by atoms with Gasteiger partial charge in [0.25, 0.3) is 5.91 Å². The van der Waals surface area contributed by atoms with Crippen molar-refractivity contribution in [1.29, 1.82) is 0 Å². The molecule has 0 saturated heterocycles. The van der Waals surface area contributed by atoms with Gasteiger partial charge in [0.2, 0.25) is 11.9 Å². The standard InChI is InChI=1S/C21H22N6O3/c1-13(29)24-15-8-5-9-16(10-15)25-21-23-11-17(19(22)30)20(27-21)26-18(12-28)14-6-3-2-4-7-14/h2-11,18,28H,12H2,1H3,(H2,22,30)(H,24,29)(H2,23,25,26,27)/t18-/m1/s1. The number of aliphatic hydroxyl groups excluding tert-OH is 1. The monoisotopic (exact) mass is 406 g/mol. The molecule has 2 aromatic carbocycles. The van der Waals surface area contributed by atoms with Crippen LogP contribution in [0.2, 0.25) is 0 Å². The van der Waals surface area contributed by atoms with Crippen LogP contribution in [0.4, 0.5) is 23.1 Å². The lowest BCUT2D eigenvalue weighted by Crippen LogP contribution is -2.21. The molecule has 0 aliphatic rings. The molecule has 0 fully saturated rings. The predicted molar refractivity (Wildman–Crippen MR) is 114 cm³/mol. The molecule has 0 bridgehead atoms. The second-order valence-corrected chi connectivity index (χ2v) is 6.50. The van der Waals surface area contributed by atoms with Gasteiger partial charge >= 0.3 is 0 Å². The second kappa shape index (κ2) is 9.48. The van der Waals surface area contributed by atoms with E-state index in [2.05, 4.69) is 25.9 Å². The van der Waals surface area contributed by atoms with Gasteiger partial charge in [0.1, 0.15) is 5.82 Å². The topological polar surface area (TPSA) is 142 Å². The molecule has 0 radical (unpaired) electrons. The van der Waals surface area contributed by atoms with Gasteiger partial charge in [-0.25, -0.2) is 4.98 Å². The molecule has 1 atom stereocenters. The average Bonchev–Trinajstić information content (AvgIpc) is 2.72. The van der Waals surface area contributed by atoms with E-state index in [0.29, 0.717) is 11.4 Å². The van der Waals surface area contributed by atoms with Gasteiger partial charge < -0.3 is 26.8 Å². The van der Waals surface area contributed by atoms with Crippen molar-refractivity contribution in [2.75, 3.05) is 22.6 Å². The summed E-state index contributed by atoms with van der Waals surface area (Å²) in [4.78, 5) is 31.6. The number of hydrogen-bond donors (Lipinski definition) is 5. The highest BCUT2D eigenvalue weighted by molar-refractivity contribution is 5.97. The Kier molecular flexibility index (Phi) is 6.56. The van der Waals surface area contributed by atoms with Crippen molar-refractivity contribution in [1.82, 2.24) is 9.97 Å². The van der Waals surface area contributed by atoms with Crippen molar-refractivity contribution >= 4 is 35.0 Å². The van der Waals surface area contributed by atoms with Crippen LogP contribution >= 0.6 is 0 Å². The molecular formula is C21H22N6O3. The quantitative estimate of drug-likeness (QED) is 0.387. The molecule has 3 aromatic rings. The number of rotatable bonds is 8. The molecule has 6 N–H and O–H groups in total. The number of nitrogens with zero attached hydrogens (tertiary/aromatic N) is 2. The van der Waals surface area contributed by atoms with Crippen LogP contribution in [0.5, 0.6) is 0 Å². The van der Waals surface area contributed by atoms with Crippen molar-refractivity contribution in [3.63, 3.8) is 0 Å². The minimum Gasteiger partial charge on any atom is -0.394 e. The summed E-state index contributed by atoms with van der Waals surface area (Å²) < 4.78 is 0. The van der Waals surface area contributed by atoms with Gasteiger partial charge in [-0.05, 0) is 23.8 Å². The van der Waals surface area contributed by atoms with Crippen molar-refractivity contribution in [3.05, 3.63) is 71.9 Å². The van der Waals surface area contributed by atoms with Gasteiger partial charge in [-0.1, -0.05) is 36.4 Å². The first-order valence-electron chi connectivity index (χ1n) is 9.20. The van der Waals surface area contributed by atoms with E-state index in [1.54, 1.807) is 24.3 Å². The van der Waals surface area contributed by atoms with E-state index >= 15 is 0 Å². The molecular weight excluding hydrogens is 384 g/mol. The maximum absolute atomic E-state index is 11.8. The molecule has 0 unspecified atom stereocenters. The molecule has 0 saturated carbocycles. The number of aromatic nitrogens is 2. The van der Waals surface area contributed by atoms with Crippen LogP contribution in [-0.4, -0.2) is 33.5 Å². The highest BCUT2D eigenvalue weighted by atomic mass is 16.3. The summed E-state index contributed by atoms with van der Waals surface area (Å²) in [7, 11) is 0. The number of benzene rings is 2. The number of anilines is 4. The van der Waals surface area contributed by atoms with Crippen LogP contribution in [0, 0.1) is 0 Å². The van der Waals surface area contributed by atoms with Gasteiger partial charge in [0, 0.05) is 24.5 Å². The first-order chi connectivity index (χ1) is 14.5. The molecule has 0 spiro atoms. The van der Waals surface area contributed by atoms with Crippen molar-refractivity contribution in [2.45, 2.75) is 13.0 Å². The minimum absolute atomic E-state index is 0.0990. The van der Waals surface area contributed by atoms with Crippen molar-refractivity contribution in [3.8, 4) is 0 Å². The van der Waals surface area contributed by atoms with E-state index in [1.807, 2.05) is 30.3 Å².